The van der Waals surface area contributed by atoms with Crippen molar-refractivity contribution >= 4 is 11.5 Å². The topological polar surface area (TPSA) is 55.1 Å². The number of anilines is 1. The average Bonchev–Trinajstić information content (AvgIpc) is 2.79. The number of benzene rings is 1. The number of aromatic nitrogens is 4. The van der Waals surface area contributed by atoms with Crippen molar-refractivity contribution in [3.63, 3.8) is 0 Å². The van der Waals surface area contributed by atoms with Crippen molar-refractivity contribution in [3.05, 3.63) is 53.6 Å². The molecule has 0 radical (unpaired) electrons. The van der Waals surface area contributed by atoms with Crippen LogP contribution in [-0.2, 0) is 6.54 Å². The fourth-order valence-corrected chi connectivity index (χ4v) is 1.82. The van der Waals surface area contributed by atoms with Gasteiger partial charge in [0.1, 0.15) is 11.6 Å². The van der Waals surface area contributed by atoms with Crippen molar-refractivity contribution in [2.24, 2.45) is 0 Å². The molecule has 0 fully saturated rings. The lowest BCUT2D eigenvalue weighted by atomic mass is 10.2. The summed E-state index contributed by atoms with van der Waals surface area (Å²) in [5.74, 6) is 1.14. The van der Waals surface area contributed by atoms with Gasteiger partial charge in [-0.05, 0) is 25.1 Å². The summed E-state index contributed by atoms with van der Waals surface area (Å²) in [7, 11) is 0. The molecule has 96 valence electrons. The molecule has 0 saturated heterocycles. The van der Waals surface area contributed by atoms with Gasteiger partial charge < -0.3 is 5.32 Å². The van der Waals surface area contributed by atoms with Crippen LogP contribution in [0.2, 0.25) is 0 Å². The Hall–Kier alpha value is -2.50. The molecule has 19 heavy (non-hydrogen) atoms. The number of fused-ring (bicyclic) bond motifs is 1. The number of hydrogen-bond acceptors (Lipinski definition) is 4. The molecular formula is C13H12FN5. The number of hydrogen-bond donors (Lipinski definition) is 1. The minimum Gasteiger partial charge on any atom is -0.364 e. The Labute approximate surface area is 109 Å². The van der Waals surface area contributed by atoms with E-state index in [0.717, 1.165) is 0 Å². The second-order valence-electron chi connectivity index (χ2n) is 4.18. The van der Waals surface area contributed by atoms with Crippen molar-refractivity contribution < 1.29 is 4.39 Å². The standard InChI is InChI=1S/C13H12FN5/c1-9-16-17-13-7-6-12(18-19(9)13)15-8-10-4-2-3-5-11(10)14/h2-7H,8H2,1H3,(H,15,18). The first-order valence-electron chi connectivity index (χ1n) is 5.90. The molecule has 0 aliphatic carbocycles. The van der Waals surface area contributed by atoms with Gasteiger partial charge >= 0.3 is 0 Å². The largest absolute Gasteiger partial charge is 0.364 e. The van der Waals surface area contributed by atoms with Gasteiger partial charge in [-0.1, -0.05) is 18.2 Å². The number of halogens is 1. The predicted octanol–water partition coefficient (Wildman–Crippen LogP) is 2.18. The third-order valence-electron chi connectivity index (χ3n) is 2.84. The minimum atomic E-state index is -0.225. The van der Waals surface area contributed by atoms with E-state index in [4.69, 9.17) is 0 Å². The smallest absolute Gasteiger partial charge is 0.178 e. The highest BCUT2D eigenvalue weighted by atomic mass is 19.1. The molecule has 0 amide bonds. The van der Waals surface area contributed by atoms with Crippen molar-refractivity contribution in [3.8, 4) is 0 Å². The molecule has 2 aromatic heterocycles. The fraction of sp³-hybridized carbons (Fsp3) is 0.154. The van der Waals surface area contributed by atoms with Gasteiger partial charge in [-0.15, -0.1) is 15.3 Å². The van der Waals surface area contributed by atoms with Gasteiger partial charge in [0, 0.05) is 12.1 Å². The number of nitrogens with one attached hydrogen (secondary N) is 1. The second-order valence-corrected chi connectivity index (χ2v) is 4.18. The van der Waals surface area contributed by atoms with Crippen LogP contribution in [0.1, 0.15) is 11.4 Å². The van der Waals surface area contributed by atoms with E-state index in [1.165, 1.54) is 6.07 Å². The SMILES string of the molecule is Cc1nnc2ccc(NCc3ccccc3F)nn12. The van der Waals surface area contributed by atoms with Crippen LogP contribution >= 0.6 is 0 Å². The van der Waals surface area contributed by atoms with E-state index in [-0.39, 0.29) is 5.82 Å². The molecule has 1 N–H and O–H groups in total. The van der Waals surface area contributed by atoms with Crippen LogP contribution in [-0.4, -0.2) is 19.8 Å². The summed E-state index contributed by atoms with van der Waals surface area (Å²) in [5, 5.41) is 15.3. The molecular weight excluding hydrogens is 245 g/mol. The average molecular weight is 257 g/mol. The Kier molecular flexibility index (Phi) is 2.83. The minimum absolute atomic E-state index is 0.225. The van der Waals surface area contributed by atoms with E-state index in [2.05, 4.69) is 20.6 Å². The number of aryl methyl sites for hydroxylation is 1. The molecule has 0 bridgehead atoms. The molecule has 1 aromatic carbocycles. The monoisotopic (exact) mass is 257 g/mol. The van der Waals surface area contributed by atoms with Crippen LogP contribution in [0.15, 0.2) is 36.4 Å². The molecule has 0 aliphatic heterocycles. The first-order valence-corrected chi connectivity index (χ1v) is 5.90. The molecule has 0 aliphatic rings. The van der Waals surface area contributed by atoms with Crippen LogP contribution < -0.4 is 5.32 Å². The van der Waals surface area contributed by atoms with Gasteiger partial charge in [0.25, 0.3) is 0 Å². The van der Waals surface area contributed by atoms with Gasteiger partial charge in [0.2, 0.25) is 0 Å². The Morgan fingerprint density at radius 1 is 1.16 bits per heavy atom. The molecule has 3 aromatic rings. The lowest BCUT2D eigenvalue weighted by Gasteiger charge is -2.06. The van der Waals surface area contributed by atoms with Crippen LogP contribution in [0.3, 0.4) is 0 Å². The fourth-order valence-electron chi connectivity index (χ4n) is 1.82. The van der Waals surface area contributed by atoms with Gasteiger partial charge in [-0.2, -0.15) is 4.52 Å². The maximum Gasteiger partial charge on any atom is 0.178 e. The maximum atomic E-state index is 13.5. The molecule has 0 spiro atoms. The molecule has 0 atom stereocenters. The Morgan fingerprint density at radius 3 is 2.84 bits per heavy atom. The van der Waals surface area contributed by atoms with Crippen molar-refractivity contribution in [1.82, 2.24) is 19.8 Å². The molecule has 3 rings (SSSR count). The summed E-state index contributed by atoms with van der Waals surface area (Å²) < 4.78 is 15.1. The Morgan fingerprint density at radius 2 is 2.00 bits per heavy atom. The van der Waals surface area contributed by atoms with Gasteiger partial charge in [-0.25, -0.2) is 4.39 Å². The highest BCUT2D eigenvalue weighted by Gasteiger charge is 2.04. The summed E-state index contributed by atoms with van der Waals surface area (Å²) in [5.41, 5.74) is 1.29. The van der Waals surface area contributed by atoms with E-state index in [1.54, 1.807) is 28.8 Å². The summed E-state index contributed by atoms with van der Waals surface area (Å²) in [6.45, 7) is 2.21. The van der Waals surface area contributed by atoms with Gasteiger partial charge in [0.05, 0.1) is 0 Å². The van der Waals surface area contributed by atoms with E-state index >= 15 is 0 Å². The molecule has 0 unspecified atom stereocenters. The van der Waals surface area contributed by atoms with Crippen molar-refractivity contribution in [2.45, 2.75) is 13.5 Å². The normalized spacial score (nSPS) is 10.8. The quantitative estimate of drug-likeness (QED) is 0.781. The third-order valence-corrected chi connectivity index (χ3v) is 2.84. The third kappa shape index (κ3) is 2.24. The molecule has 0 saturated carbocycles. The second kappa shape index (κ2) is 4.64. The Bertz CT molecular complexity index is 722. The predicted molar refractivity (Wildman–Crippen MR) is 69.2 cm³/mol. The summed E-state index contributed by atoms with van der Waals surface area (Å²) in [6, 6.07) is 10.3. The number of rotatable bonds is 3. The lowest BCUT2D eigenvalue weighted by Crippen LogP contribution is -2.05. The van der Waals surface area contributed by atoms with Crippen molar-refractivity contribution in [1.29, 1.82) is 0 Å². The summed E-state index contributed by atoms with van der Waals surface area (Å²) >= 11 is 0. The highest BCUT2D eigenvalue weighted by Crippen LogP contribution is 2.11. The zero-order chi connectivity index (χ0) is 13.2. The zero-order valence-corrected chi connectivity index (χ0v) is 10.3. The van der Waals surface area contributed by atoms with E-state index in [9.17, 15) is 4.39 Å². The van der Waals surface area contributed by atoms with Crippen LogP contribution in [0.4, 0.5) is 10.2 Å². The van der Waals surface area contributed by atoms with Crippen LogP contribution in [0.25, 0.3) is 5.65 Å². The van der Waals surface area contributed by atoms with Gasteiger partial charge in [-0.3, -0.25) is 0 Å². The molecule has 6 heteroatoms. The first kappa shape index (κ1) is 11.6. The Balaban J connectivity index is 1.82. The van der Waals surface area contributed by atoms with E-state index < -0.39 is 0 Å². The van der Waals surface area contributed by atoms with Crippen LogP contribution in [0.5, 0.6) is 0 Å². The zero-order valence-electron chi connectivity index (χ0n) is 10.3. The van der Waals surface area contributed by atoms with Crippen molar-refractivity contribution in [2.75, 3.05) is 5.32 Å². The lowest BCUT2D eigenvalue weighted by molar-refractivity contribution is 0.612. The number of nitrogens with zero attached hydrogens (tertiary/aromatic N) is 4. The van der Waals surface area contributed by atoms with Crippen LogP contribution in [0, 0.1) is 12.7 Å². The van der Waals surface area contributed by atoms with E-state index in [0.29, 0.717) is 29.4 Å². The van der Waals surface area contributed by atoms with E-state index in [1.807, 2.05) is 13.0 Å². The highest BCUT2D eigenvalue weighted by molar-refractivity contribution is 5.44. The molecule has 2 heterocycles. The summed E-state index contributed by atoms with van der Waals surface area (Å²) in [6.07, 6.45) is 0. The van der Waals surface area contributed by atoms with Gasteiger partial charge in [0.15, 0.2) is 11.5 Å². The molecule has 5 nitrogen and oxygen atoms in total. The first-order chi connectivity index (χ1) is 9.24. The summed E-state index contributed by atoms with van der Waals surface area (Å²) in [4.78, 5) is 0. The maximum absolute atomic E-state index is 13.5.